The first-order valence-electron chi connectivity index (χ1n) is 5.23. The quantitative estimate of drug-likeness (QED) is 0.683. The molecular formula is C12H15N3O. The maximum Gasteiger partial charge on any atom is 0.0951 e. The molecule has 0 aliphatic carbocycles. The average molecular weight is 217 g/mol. The molecule has 0 radical (unpaired) electrons. The third-order valence-electron chi connectivity index (χ3n) is 2.39. The molecule has 1 atom stereocenters. The Morgan fingerprint density at radius 1 is 1.44 bits per heavy atom. The van der Waals surface area contributed by atoms with Crippen molar-refractivity contribution < 1.29 is 5.11 Å². The van der Waals surface area contributed by atoms with Gasteiger partial charge in [-0.3, -0.25) is 4.98 Å². The largest absolute Gasteiger partial charge is 0.397 e. The first-order chi connectivity index (χ1) is 7.68. The third kappa shape index (κ3) is 2.06. The fourth-order valence-corrected chi connectivity index (χ4v) is 1.61. The van der Waals surface area contributed by atoms with Crippen LogP contribution in [0.2, 0.25) is 0 Å². The predicted molar refractivity (Wildman–Crippen MR) is 66.3 cm³/mol. The number of nitrogens with zero attached hydrogens (tertiary/aromatic N) is 1. The summed E-state index contributed by atoms with van der Waals surface area (Å²) in [5.41, 5.74) is 8.24. The highest BCUT2D eigenvalue weighted by molar-refractivity contribution is 5.97. The number of aliphatic hydroxyl groups is 1. The summed E-state index contributed by atoms with van der Waals surface area (Å²) in [6, 6.07) is 7.56. The fourth-order valence-electron chi connectivity index (χ4n) is 1.61. The summed E-state index contributed by atoms with van der Waals surface area (Å²) in [4.78, 5) is 4.24. The lowest BCUT2D eigenvalue weighted by molar-refractivity contribution is 0.208. The van der Waals surface area contributed by atoms with Gasteiger partial charge in [-0.1, -0.05) is 12.1 Å². The van der Waals surface area contributed by atoms with Gasteiger partial charge in [-0.2, -0.15) is 0 Å². The zero-order valence-electron chi connectivity index (χ0n) is 9.14. The van der Waals surface area contributed by atoms with Crippen LogP contribution in [0.5, 0.6) is 0 Å². The number of anilines is 2. The minimum atomic E-state index is -0.385. The number of para-hydroxylation sites is 1. The Balaban J connectivity index is 2.42. The third-order valence-corrected chi connectivity index (χ3v) is 2.39. The monoisotopic (exact) mass is 217 g/mol. The van der Waals surface area contributed by atoms with Crippen LogP contribution in [-0.4, -0.2) is 22.7 Å². The molecule has 4 heteroatoms. The van der Waals surface area contributed by atoms with Crippen molar-refractivity contribution >= 4 is 22.3 Å². The lowest BCUT2D eigenvalue weighted by atomic mass is 10.1. The van der Waals surface area contributed by atoms with Gasteiger partial charge in [0.05, 0.1) is 17.3 Å². The molecule has 0 spiro atoms. The van der Waals surface area contributed by atoms with Gasteiger partial charge in [0.25, 0.3) is 0 Å². The first kappa shape index (κ1) is 10.7. The van der Waals surface area contributed by atoms with Crippen molar-refractivity contribution in [2.75, 3.05) is 17.6 Å². The Hall–Kier alpha value is -1.81. The molecule has 0 aliphatic heterocycles. The van der Waals surface area contributed by atoms with E-state index in [1.165, 1.54) is 0 Å². The van der Waals surface area contributed by atoms with E-state index in [4.69, 9.17) is 5.73 Å². The molecule has 0 aliphatic rings. The number of aliphatic hydroxyl groups excluding tert-OH is 1. The second kappa shape index (κ2) is 4.37. The summed E-state index contributed by atoms with van der Waals surface area (Å²) in [6.07, 6.45) is 1.33. The molecule has 0 saturated carbocycles. The number of nitrogens with one attached hydrogen (secondary N) is 1. The van der Waals surface area contributed by atoms with Crippen LogP contribution in [0.4, 0.5) is 11.4 Å². The molecule has 1 unspecified atom stereocenters. The molecule has 1 heterocycles. The van der Waals surface area contributed by atoms with Gasteiger partial charge < -0.3 is 16.2 Å². The summed E-state index contributed by atoms with van der Waals surface area (Å²) in [5, 5.41) is 13.4. The van der Waals surface area contributed by atoms with E-state index in [0.717, 1.165) is 16.6 Å². The standard InChI is InChI=1S/C12H15N3O/c1-8(16)7-15-11-5-6-14-12-9(11)3-2-4-10(12)13/h2-6,8,16H,7,13H2,1H3,(H,14,15). The van der Waals surface area contributed by atoms with Crippen molar-refractivity contribution in [3.05, 3.63) is 30.5 Å². The number of fused-ring (bicyclic) bond motifs is 1. The molecule has 0 amide bonds. The van der Waals surface area contributed by atoms with Gasteiger partial charge in [-0.05, 0) is 19.1 Å². The fraction of sp³-hybridized carbons (Fsp3) is 0.250. The normalized spacial score (nSPS) is 12.6. The van der Waals surface area contributed by atoms with Gasteiger partial charge in [-0.15, -0.1) is 0 Å². The van der Waals surface area contributed by atoms with E-state index in [2.05, 4.69) is 10.3 Å². The number of aromatic nitrogens is 1. The van der Waals surface area contributed by atoms with Crippen molar-refractivity contribution in [3.63, 3.8) is 0 Å². The summed E-state index contributed by atoms with van der Waals surface area (Å²) in [7, 11) is 0. The maximum atomic E-state index is 9.24. The summed E-state index contributed by atoms with van der Waals surface area (Å²) >= 11 is 0. The molecule has 0 saturated heterocycles. The minimum absolute atomic E-state index is 0.385. The lowest BCUT2D eigenvalue weighted by Gasteiger charge is -2.11. The molecular weight excluding hydrogens is 202 g/mol. The zero-order chi connectivity index (χ0) is 11.5. The van der Waals surface area contributed by atoms with E-state index in [0.29, 0.717) is 12.2 Å². The van der Waals surface area contributed by atoms with Crippen molar-refractivity contribution in [3.8, 4) is 0 Å². The smallest absolute Gasteiger partial charge is 0.0951 e. The summed E-state index contributed by atoms with van der Waals surface area (Å²) in [5.74, 6) is 0. The number of benzene rings is 1. The Bertz CT molecular complexity index is 497. The van der Waals surface area contributed by atoms with E-state index in [9.17, 15) is 5.11 Å². The Kier molecular flexibility index (Phi) is 2.92. The van der Waals surface area contributed by atoms with Crippen LogP contribution < -0.4 is 11.1 Å². The molecule has 0 bridgehead atoms. The first-order valence-corrected chi connectivity index (χ1v) is 5.23. The van der Waals surface area contributed by atoms with Gasteiger partial charge in [0, 0.05) is 23.8 Å². The SMILES string of the molecule is CC(O)CNc1ccnc2c(N)cccc12. The number of nitrogens with two attached hydrogens (primary N) is 1. The number of hydrogen-bond donors (Lipinski definition) is 3. The molecule has 1 aromatic heterocycles. The van der Waals surface area contributed by atoms with Crippen LogP contribution in [0.15, 0.2) is 30.5 Å². The Labute approximate surface area is 94.1 Å². The van der Waals surface area contributed by atoms with Crippen LogP contribution >= 0.6 is 0 Å². The molecule has 16 heavy (non-hydrogen) atoms. The van der Waals surface area contributed by atoms with E-state index in [-0.39, 0.29) is 6.10 Å². The van der Waals surface area contributed by atoms with Crippen molar-refractivity contribution in [1.29, 1.82) is 0 Å². The van der Waals surface area contributed by atoms with E-state index >= 15 is 0 Å². The topological polar surface area (TPSA) is 71.2 Å². The highest BCUT2D eigenvalue weighted by Crippen LogP contribution is 2.25. The number of hydrogen-bond acceptors (Lipinski definition) is 4. The maximum absolute atomic E-state index is 9.24. The number of nitrogen functional groups attached to an aromatic ring is 1. The van der Waals surface area contributed by atoms with E-state index in [1.807, 2.05) is 24.3 Å². The Morgan fingerprint density at radius 3 is 3.00 bits per heavy atom. The number of pyridine rings is 1. The van der Waals surface area contributed by atoms with Crippen molar-refractivity contribution in [1.82, 2.24) is 4.98 Å². The second-order valence-electron chi connectivity index (χ2n) is 3.83. The molecule has 4 N–H and O–H groups in total. The summed E-state index contributed by atoms with van der Waals surface area (Å²) in [6.45, 7) is 2.25. The highest BCUT2D eigenvalue weighted by Gasteiger charge is 2.04. The van der Waals surface area contributed by atoms with Crippen molar-refractivity contribution in [2.24, 2.45) is 0 Å². The highest BCUT2D eigenvalue weighted by atomic mass is 16.3. The summed E-state index contributed by atoms with van der Waals surface area (Å²) < 4.78 is 0. The minimum Gasteiger partial charge on any atom is -0.397 e. The van der Waals surface area contributed by atoms with Gasteiger partial charge in [-0.25, -0.2) is 0 Å². The van der Waals surface area contributed by atoms with E-state index < -0.39 is 0 Å². The molecule has 2 rings (SSSR count). The van der Waals surface area contributed by atoms with Gasteiger partial charge in [0.1, 0.15) is 0 Å². The van der Waals surface area contributed by atoms with E-state index in [1.54, 1.807) is 13.1 Å². The van der Waals surface area contributed by atoms with Crippen LogP contribution in [0.1, 0.15) is 6.92 Å². The van der Waals surface area contributed by atoms with Crippen LogP contribution in [0.3, 0.4) is 0 Å². The predicted octanol–water partition coefficient (Wildman–Crippen LogP) is 1.61. The zero-order valence-corrected chi connectivity index (χ0v) is 9.14. The molecule has 4 nitrogen and oxygen atoms in total. The number of rotatable bonds is 3. The molecule has 2 aromatic rings. The molecule has 0 fully saturated rings. The van der Waals surface area contributed by atoms with Gasteiger partial charge >= 0.3 is 0 Å². The second-order valence-corrected chi connectivity index (χ2v) is 3.83. The van der Waals surface area contributed by atoms with Gasteiger partial charge in [0.2, 0.25) is 0 Å². The molecule has 84 valence electrons. The van der Waals surface area contributed by atoms with Crippen molar-refractivity contribution in [2.45, 2.75) is 13.0 Å². The van der Waals surface area contributed by atoms with Crippen LogP contribution in [0, 0.1) is 0 Å². The molecule has 1 aromatic carbocycles. The van der Waals surface area contributed by atoms with Gasteiger partial charge in [0.15, 0.2) is 0 Å². The van der Waals surface area contributed by atoms with Crippen LogP contribution in [-0.2, 0) is 0 Å². The van der Waals surface area contributed by atoms with Crippen LogP contribution in [0.25, 0.3) is 10.9 Å². The average Bonchev–Trinajstić information content (AvgIpc) is 2.27. The lowest BCUT2D eigenvalue weighted by Crippen LogP contribution is -2.15. The Morgan fingerprint density at radius 2 is 2.25 bits per heavy atom.